The standard InChI is InChI=1S/C14H21N3O2/c1-17-7-6-15-9-12(17)10-16-14(18)11-4-3-5-13(8-11)19-2/h3-5,8,12,15H,6-7,9-10H2,1-2H3,(H,16,18). The Hall–Kier alpha value is -1.59. The molecule has 1 atom stereocenters. The second-order valence-corrected chi connectivity index (χ2v) is 4.78. The zero-order valence-electron chi connectivity index (χ0n) is 11.5. The topological polar surface area (TPSA) is 53.6 Å². The molecule has 1 unspecified atom stereocenters. The lowest BCUT2D eigenvalue weighted by atomic mass is 10.1. The van der Waals surface area contributed by atoms with Crippen LogP contribution in [0.15, 0.2) is 24.3 Å². The zero-order chi connectivity index (χ0) is 13.7. The summed E-state index contributed by atoms with van der Waals surface area (Å²) >= 11 is 0. The Balaban J connectivity index is 1.89. The minimum absolute atomic E-state index is 0.0575. The average Bonchev–Trinajstić information content (AvgIpc) is 2.46. The fourth-order valence-corrected chi connectivity index (χ4v) is 2.17. The molecule has 19 heavy (non-hydrogen) atoms. The molecule has 1 aliphatic rings. The van der Waals surface area contributed by atoms with E-state index in [4.69, 9.17) is 4.74 Å². The molecule has 0 spiro atoms. The second kappa shape index (κ2) is 6.54. The third-order valence-electron chi connectivity index (χ3n) is 3.47. The number of carbonyl (C=O) groups excluding carboxylic acids is 1. The van der Waals surface area contributed by atoms with Gasteiger partial charge in [0.15, 0.2) is 0 Å². The Morgan fingerprint density at radius 3 is 3.16 bits per heavy atom. The van der Waals surface area contributed by atoms with Gasteiger partial charge >= 0.3 is 0 Å². The first kappa shape index (κ1) is 13.8. The van der Waals surface area contributed by atoms with Crippen molar-refractivity contribution in [3.05, 3.63) is 29.8 Å². The number of likely N-dealkylation sites (N-methyl/N-ethyl adjacent to an activating group) is 1. The molecule has 1 amide bonds. The molecule has 1 aliphatic heterocycles. The van der Waals surface area contributed by atoms with Crippen molar-refractivity contribution in [2.24, 2.45) is 0 Å². The average molecular weight is 263 g/mol. The SMILES string of the molecule is COc1cccc(C(=O)NCC2CNCCN2C)c1. The van der Waals surface area contributed by atoms with Crippen LogP contribution in [0.1, 0.15) is 10.4 Å². The lowest BCUT2D eigenvalue weighted by Gasteiger charge is -2.33. The van der Waals surface area contributed by atoms with E-state index in [1.807, 2.05) is 12.1 Å². The fourth-order valence-electron chi connectivity index (χ4n) is 2.17. The first-order valence-electron chi connectivity index (χ1n) is 6.54. The summed E-state index contributed by atoms with van der Waals surface area (Å²) in [5.41, 5.74) is 0.630. The predicted molar refractivity (Wildman–Crippen MR) is 74.6 cm³/mol. The Morgan fingerprint density at radius 1 is 1.58 bits per heavy atom. The van der Waals surface area contributed by atoms with Crippen molar-refractivity contribution in [2.45, 2.75) is 6.04 Å². The van der Waals surface area contributed by atoms with Gasteiger partial charge in [0.2, 0.25) is 0 Å². The van der Waals surface area contributed by atoms with Gasteiger partial charge in [0.1, 0.15) is 5.75 Å². The Labute approximate surface area is 113 Å². The molecule has 0 saturated carbocycles. The lowest BCUT2D eigenvalue weighted by Crippen LogP contribution is -2.53. The van der Waals surface area contributed by atoms with Crippen LogP contribution < -0.4 is 15.4 Å². The molecular formula is C14H21N3O2. The summed E-state index contributed by atoms with van der Waals surface area (Å²) in [5, 5.41) is 6.31. The summed E-state index contributed by atoms with van der Waals surface area (Å²) < 4.78 is 5.12. The number of nitrogens with zero attached hydrogens (tertiary/aromatic N) is 1. The van der Waals surface area contributed by atoms with Crippen LogP contribution in [0.3, 0.4) is 0 Å². The van der Waals surface area contributed by atoms with Crippen LogP contribution in [-0.2, 0) is 0 Å². The van der Waals surface area contributed by atoms with Gasteiger partial charge in [-0.05, 0) is 25.2 Å². The highest BCUT2D eigenvalue weighted by Gasteiger charge is 2.19. The van der Waals surface area contributed by atoms with Gasteiger partial charge in [-0.15, -0.1) is 0 Å². The second-order valence-electron chi connectivity index (χ2n) is 4.78. The smallest absolute Gasteiger partial charge is 0.251 e. The van der Waals surface area contributed by atoms with Crippen molar-refractivity contribution >= 4 is 5.91 Å². The van der Waals surface area contributed by atoms with Crippen LogP contribution in [0.4, 0.5) is 0 Å². The highest BCUT2D eigenvalue weighted by molar-refractivity contribution is 5.94. The summed E-state index contributed by atoms with van der Waals surface area (Å²) in [6, 6.07) is 7.54. The van der Waals surface area contributed by atoms with Crippen molar-refractivity contribution in [2.75, 3.05) is 40.3 Å². The number of hydrogen-bond acceptors (Lipinski definition) is 4. The molecule has 1 heterocycles. The summed E-state index contributed by atoms with van der Waals surface area (Å²) in [7, 11) is 3.68. The Morgan fingerprint density at radius 2 is 2.42 bits per heavy atom. The molecule has 0 bridgehead atoms. The van der Waals surface area contributed by atoms with Crippen LogP contribution in [0.25, 0.3) is 0 Å². The molecule has 0 aliphatic carbocycles. The van der Waals surface area contributed by atoms with E-state index in [-0.39, 0.29) is 5.91 Å². The van der Waals surface area contributed by atoms with E-state index in [2.05, 4.69) is 22.6 Å². The van der Waals surface area contributed by atoms with Crippen LogP contribution in [0.5, 0.6) is 5.75 Å². The quantitative estimate of drug-likeness (QED) is 0.822. The summed E-state index contributed by atoms with van der Waals surface area (Å²) in [6.45, 7) is 3.59. The van der Waals surface area contributed by atoms with Crippen molar-refractivity contribution in [3.63, 3.8) is 0 Å². The van der Waals surface area contributed by atoms with E-state index in [0.29, 0.717) is 23.9 Å². The van der Waals surface area contributed by atoms with Gasteiger partial charge in [0.05, 0.1) is 7.11 Å². The maximum atomic E-state index is 12.1. The van der Waals surface area contributed by atoms with E-state index in [1.54, 1.807) is 19.2 Å². The summed E-state index contributed by atoms with van der Waals surface area (Å²) in [6.07, 6.45) is 0. The molecular weight excluding hydrogens is 242 g/mol. The highest BCUT2D eigenvalue weighted by atomic mass is 16.5. The number of rotatable bonds is 4. The predicted octanol–water partition coefficient (Wildman–Crippen LogP) is 0.329. The number of nitrogens with one attached hydrogen (secondary N) is 2. The minimum Gasteiger partial charge on any atom is -0.497 e. The van der Waals surface area contributed by atoms with E-state index >= 15 is 0 Å². The molecule has 0 aromatic heterocycles. The number of carbonyl (C=O) groups is 1. The molecule has 1 saturated heterocycles. The molecule has 2 N–H and O–H groups in total. The van der Waals surface area contributed by atoms with Crippen LogP contribution in [-0.4, -0.2) is 57.2 Å². The normalized spacial score (nSPS) is 20.0. The molecule has 1 aromatic rings. The fraction of sp³-hybridized carbons (Fsp3) is 0.500. The van der Waals surface area contributed by atoms with Crippen molar-refractivity contribution in [1.82, 2.24) is 15.5 Å². The molecule has 1 aromatic carbocycles. The summed E-state index contributed by atoms with van der Waals surface area (Å²) in [4.78, 5) is 14.3. The lowest BCUT2D eigenvalue weighted by molar-refractivity contribution is 0.0932. The Bertz CT molecular complexity index is 436. The number of hydrogen-bond donors (Lipinski definition) is 2. The molecule has 0 radical (unpaired) electrons. The van der Waals surface area contributed by atoms with Gasteiger partial charge < -0.3 is 15.4 Å². The van der Waals surface area contributed by atoms with E-state index in [9.17, 15) is 4.79 Å². The maximum Gasteiger partial charge on any atom is 0.251 e. The zero-order valence-corrected chi connectivity index (χ0v) is 11.5. The maximum absolute atomic E-state index is 12.1. The molecule has 2 rings (SSSR count). The van der Waals surface area contributed by atoms with Crippen LogP contribution in [0.2, 0.25) is 0 Å². The third-order valence-corrected chi connectivity index (χ3v) is 3.47. The third kappa shape index (κ3) is 3.68. The number of piperazine rings is 1. The van der Waals surface area contributed by atoms with Gasteiger partial charge in [0.25, 0.3) is 5.91 Å². The number of amides is 1. The minimum atomic E-state index is -0.0575. The molecule has 5 nitrogen and oxygen atoms in total. The van der Waals surface area contributed by atoms with Gasteiger partial charge in [0, 0.05) is 37.8 Å². The van der Waals surface area contributed by atoms with Crippen molar-refractivity contribution in [3.8, 4) is 5.75 Å². The van der Waals surface area contributed by atoms with Crippen molar-refractivity contribution < 1.29 is 9.53 Å². The van der Waals surface area contributed by atoms with E-state index in [1.165, 1.54) is 0 Å². The van der Waals surface area contributed by atoms with Crippen LogP contribution in [0, 0.1) is 0 Å². The number of benzene rings is 1. The number of methoxy groups -OCH3 is 1. The number of ether oxygens (including phenoxy) is 1. The monoisotopic (exact) mass is 263 g/mol. The van der Waals surface area contributed by atoms with Gasteiger partial charge in [-0.25, -0.2) is 0 Å². The first-order valence-corrected chi connectivity index (χ1v) is 6.54. The largest absolute Gasteiger partial charge is 0.497 e. The van der Waals surface area contributed by atoms with Gasteiger partial charge in [-0.3, -0.25) is 9.69 Å². The van der Waals surface area contributed by atoms with Gasteiger partial charge in [-0.2, -0.15) is 0 Å². The van der Waals surface area contributed by atoms with E-state index < -0.39 is 0 Å². The highest BCUT2D eigenvalue weighted by Crippen LogP contribution is 2.12. The van der Waals surface area contributed by atoms with Crippen LogP contribution >= 0.6 is 0 Å². The summed E-state index contributed by atoms with van der Waals surface area (Å²) in [5.74, 6) is 0.641. The molecule has 1 fully saturated rings. The van der Waals surface area contributed by atoms with Crippen molar-refractivity contribution in [1.29, 1.82) is 0 Å². The first-order chi connectivity index (χ1) is 9.20. The van der Waals surface area contributed by atoms with Gasteiger partial charge in [-0.1, -0.05) is 6.07 Å². The molecule has 104 valence electrons. The molecule has 5 heteroatoms. The Kier molecular flexibility index (Phi) is 4.76. The van der Waals surface area contributed by atoms with E-state index in [0.717, 1.165) is 19.6 Å².